The summed E-state index contributed by atoms with van der Waals surface area (Å²) in [6, 6.07) is 5.75. The topological polar surface area (TPSA) is 119 Å². The second-order valence-electron chi connectivity index (χ2n) is 7.94. The molecule has 4 bridgehead atoms. The number of hydrogen-bond donors (Lipinski definition) is 3. The number of nitrogens with zero attached hydrogens (tertiary/aromatic N) is 4. The molecular weight excluding hydrogens is 398 g/mol. The van der Waals surface area contributed by atoms with Gasteiger partial charge in [0.05, 0.1) is 42.2 Å². The molecule has 1 aromatic carbocycles. The molecule has 2 aliphatic rings. The minimum atomic E-state index is -0.195. The molecule has 3 aromatic heterocycles. The van der Waals surface area contributed by atoms with E-state index in [1.807, 2.05) is 18.2 Å². The van der Waals surface area contributed by atoms with Gasteiger partial charge in [-0.1, -0.05) is 5.16 Å². The van der Waals surface area contributed by atoms with Crippen molar-refractivity contribution in [2.24, 2.45) is 0 Å². The lowest BCUT2D eigenvalue weighted by molar-refractivity contribution is 0.0272. The van der Waals surface area contributed by atoms with Gasteiger partial charge < -0.3 is 25.2 Å². The lowest BCUT2D eigenvalue weighted by Crippen LogP contribution is -2.41. The second kappa shape index (κ2) is 6.95. The maximum Gasteiger partial charge on any atom is 0.257 e. The number of rotatable bonds is 1. The smallest absolute Gasteiger partial charge is 0.257 e. The van der Waals surface area contributed by atoms with Gasteiger partial charge in [-0.25, -0.2) is 4.98 Å². The van der Waals surface area contributed by atoms with Crippen LogP contribution in [0.15, 0.2) is 35.1 Å². The summed E-state index contributed by atoms with van der Waals surface area (Å²) in [4.78, 5) is 17.8. The molecule has 0 unspecified atom stereocenters. The summed E-state index contributed by atoms with van der Waals surface area (Å²) in [6.07, 6.45) is 5.97. The van der Waals surface area contributed by atoms with Crippen LogP contribution in [-0.2, 0) is 11.3 Å². The van der Waals surface area contributed by atoms with Crippen LogP contribution in [0, 0.1) is 0 Å². The summed E-state index contributed by atoms with van der Waals surface area (Å²) < 4.78 is 13.3. The highest BCUT2D eigenvalue weighted by Crippen LogP contribution is 2.31. The first kappa shape index (κ1) is 18.1. The lowest BCUT2D eigenvalue weighted by atomic mass is 10.1. The Hall–Kier alpha value is -3.66. The first-order valence-corrected chi connectivity index (χ1v) is 10.3. The molecule has 1 amide bonds. The molecule has 158 valence electrons. The Morgan fingerprint density at radius 2 is 2.16 bits per heavy atom. The summed E-state index contributed by atoms with van der Waals surface area (Å²) in [5.74, 6) is 1.08. The fourth-order valence-corrected chi connectivity index (χ4v) is 4.46. The van der Waals surface area contributed by atoms with Crippen molar-refractivity contribution < 1.29 is 14.1 Å². The summed E-state index contributed by atoms with van der Waals surface area (Å²) in [6.45, 7) is 0.412. The zero-order chi connectivity index (χ0) is 20.9. The largest absolute Gasteiger partial charge is 0.373 e. The minimum Gasteiger partial charge on any atom is -0.373 e. The first-order chi connectivity index (χ1) is 15.2. The van der Waals surface area contributed by atoms with Gasteiger partial charge in [0.1, 0.15) is 17.2 Å². The van der Waals surface area contributed by atoms with E-state index in [1.165, 1.54) is 0 Å². The van der Waals surface area contributed by atoms with E-state index in [9.17, 15) is 4.79 Å². The van der Waals surface area contributed by atoms with E-state index in [-0.39, 0.29) is 18.1 Å². The van der Waals surface area contributed by atoms with E-state index < -0.39 is 0 Å². The van der Waals surface area contributed by atoms with E-state index in [1.54, 1.807) is 24.0 Å². The van der Waals surface area contributed by atoms with Crippen molar-refractivity contribution in [2.45, 2.75) is 38.0 Å². The van der Waals surface area contributed by atoms with Gasteiger partial charge in [-0.15, -0.1) is 0 Å². The second-order valence-corrected chi connectivity index (χ2v) is 7.94. The van der Waals surface area contributed by atoms with Crippen molar-refractivity contribution >= 4 is 39.8 Å². The van der Waals surface area contributed by atoms with Crippen LogP contribution in [0.1, 0.15) is 35.2 Å². The maximum absolute atomic E-state index is 13.1. The Morgan fingerprint density at radius 3 is 3.06 bits per heavy atom. The molecular formula is C21H21N7O3. The Morgan fingerprint density at radius 1 is 1.23 bits per heavy atom. The van der Waals surface area contributed by atoms with Crippen molar-refractivity contribution in [3.05, 3.63) is 41.7 Å². The van der Waals surface area contributed by atoms with Gasteiger partial charge in [0.2, 0.25) is 0 Å². The molecule has 4 aromatic rings. The summed E-state index contributed by atoms with van der Waals surface area (Å²) in [7, 11) is 1.80. The number of benzene rings is 1. The monoisotopic (exact) mass is 419 g/mol. The summed E-state index contributed by atoms with van der Waals surface area (Å²) >= 11 is 0. The third kappa shape index (κ3) is 2.98. The average molecular weight is 419 g/mol. The molecule has 1 aliphatic heterocycles. The SMILES string of the molecule is CNc1cc2nc3c(cnn13)C(=O)N[C@@H]1CCC[C@@H]1OCc1cc(c3cnoc3c1)N2. The number of amides is 1. The predicted molar refractivity (Wildman–Crippen MR) is 114 cm³/mol. The number of nitrogens with one attached hydrogen (secondary N) is 3. The predicted octanol–water partition coefficient (Wildman–Crippen LogP) is 2.84. The van der Waals surface area contributed by atoms with Crippen molar-refractivity contribution in [1.82, 2.24) is 25.1 Å². The van der Waals surface area contributed by atoms with Crippen LogP contribution >= 0.6 is 0 Å². The zero-order valence-corrected chi connectivity index (χ0v) is 16.9. The average Bonchev–Trinajstić information content (AvgIpc) is 3.50. The van der Waals surface area contributed by atoms with Crippen LogP contribution in [-0.4, -0.2) is 44.9 Å². The minimum absolute atomic E-state index is 0.0491. The number of aromatic nitrogens is 4. The van der Waals surface area contributed by atoms with E-state index in [4.69, 9.17) is 14.2 Å². The highest BCUT2D eigenvalue weighted by molar-refractivity contribution is 6.00. The van der Waals surface area contributed by atoms with Crippen LogP contribution < -0.4 is 16.0 Å². The number of hydrogen-bond acceptors (Lipinski definition) is 8. The van der Waals surface area contributed by atoms with Crippen LogP contribution in [0.5, 0.6) is 0 Å². The van der Waals surface area contributed by atoms with Gasteiger partial charge in [0.25, 0.3) is 5.91 Å². The normalized spacial score (nSPS) is 21.0. The van der Waals surface area contributed by atoms with E-state index in [0.717, 1.165) is 35.9 Å². The van der Waals surface area contributed by atoms with Crippen molar-refractivity contribution in [3.63, 3.8) is 0 Å². The Kier molecular flexibility index (Phi) is 4.06. The van der Waals surface area contributed by atoms with Gasteiger partial charge in [0.15, 0.2) is 11.2 Å². The quantitative estimate of drug-likeness (QED) is 0.431. The molecule has 1 aliphatic carbocycles. The first-order valence-electron chi connectivity index (χ1n) is 10.3. The molecule has 4 heterocycles. The molecule has 6 rings (SSSR count). The van der Waals surface area contributed by atoms with Gasteiger partial charge in [-0.2, -0.15) is 9.61 Å². The zero-order valence-electron chi connectivity index (χ0n) is 16.9. The third-order valence-electron chi connectivity index (χ3n) is 6.00. The maximum atomic E-state index is 13.1. The van der Waals surface area contributed by atoms with Crippen LogP contribution in [0.2, 0.25) is 0 Å². The molecule has 0 spiro atoms. The Bertz CT molecular complexity index is 1310. The lowest BCUT2D eigenvalue weighted by Gasteiger charge is -2.22. The van der Waals surface area contributed by atoms with Crippen molar-refractivity contribution in [1.29, 1.82) is 0 Å². The number of anilines is 3. The highest BCUT2D eigenvalue weighted by atomic mass is 16.5. The van der Waals surface area contributed by atoms with Gasteiger partial charge >= 0.3 is 0 Å². The molecule has 0 radical (unpaired) electrons. The summed E-state index contributed by atoms with van der Waals surface area (Å²) in [5.41, 5.74) is 3.33. The Balaban J connectivity index is 1.55. The number of fused-ring (bicyclic) bond motifs is 6. The highest BCUT2D eigenvalue weighted by Gasteiger charge is 2.31. The van der Waals surface area contributed by atoms with E-state index in [2.05, 4.69) is 26.2 Å². The van der Waals surface area contributed by atoms with E-state index >= 15 is 0 Å². The Labute approximate surface area is 176 Å². The van der Waals surface area contributed by atoms with Gasteiger partial charge in [-0.05, 0) is 37.0 Å². The van der Waals surface area contributed by atoms with Gasteiger partial charge in [-0.3, -0.25) is 4.79 Å². The third-order valence-corrected chi connectivity index (χ3v) is 6.00. The van der Waals surface area contributed by atoms with Gasteiger partial charge in [0, 0.05) is 13.1 Å². The molecule has 10 nitrogen and oxygen atoms in total. The standard InChI is InChI=1S/C21H21N7O3/c1-22-19-7-18-25-15-5-11(6-17-12(15)9-24-31-17)10-30-16-4-2-3-14(16)26-21(29)13-8-23-28(19)20(13)27-18/h5-9,14,16,22H,2-4,10H2,1H3,(H,25,27)(H,26,29)/t14-,16+/m1/s1. The van der Waals surface area contributed by atoms with Crippen LogP contribution in [0.3, 0.4) is 0 Å². The molecule has 1 fully saturated rings. The molecule has 1 saturated carbocycles. The van der Waals surface area contributed by atoms with Crippen molar-refractivity contribution in [3.8, 4) is 0 Å². The van der Waals surface area contributed by atoms with Crippen LogP contribution in [0.4, 0.5) is 17.3 Å². The molecule has 10 heteroatoms. The number of carbonyl (C=O) groups excluding carboxylic acids is 1. The van der Waals surface area contributed by atoms with Crippen LogP contribution in [0.25, 0.3) is 16.6 Å². The number of carbonyl (C=O) groups is 1. The molecule has 3 N–H and O–H groups in total. The van der Waals surface area contributed by atoms with E-state index in [0.29, 0.717) is 35.0 Å². The molecule has 0 saturated heterocycles. The fourth-order valence-electron chi connectivity index (χ4n) is 4.46. The number of ether oxygens (including phenoxy) is 1. The fraction of sp³-hybridized carbons (Fsp3) is 0.333. The summed E-state index contributed by atoms with van der Waals surface area (Å²) in [5, 5.41) is 18.8. The molecule has 31 heavy (non-hydrogen) atoms. The molecule has 2 atom stereocenters. The van der Waals surface area contributed by atoms with Crippen molar-refractivity contribution in [2.75, 3.05) is 17.7 Å².